The lowest BCUT2D eigenvalue weighted by Gasteiger charge is -2.22. The number of allylic oxidation sites excluding steroid dienone is 1. The van der Waals surface area contributed by atoms with Crippen molar-refractivity contribution in [1.82, 2.24) is 20.1 Å². The molecule has 7 heteroatoms. The Morgan fingerprint density at radius 2 is 2.25 bits per heavy atom. The van der Waals surface area contributed by atoms with Crippen LogP contribution in [0.2, 0.25) is 0 Å². The van der Waals surface area contributed by atoms with Gasteiger partial charge in [0.25, 0.3) is 0 Å². The van der Waals surface area contributed by atoms with Crippen LogP contribution in [0.1, 0.15) is 32.1 Å². The van der Waals surface area contributed by atoms with E-state index in [1.54, 1.807) is 11.3 Å². The predicted octanol–water partition coefficient (Wildman–Crippen LogP) is 3.73. The highest BCUT2D eigenvalue weighted by molar-refractivity contribution is 7.99. The van der Waals surface area contributed by atoms with Crippen LogP contribution in [-0.4, -0.2) is 32.5 Å². The number of nitrogens with one attached hydrogen (secondary N) is 1. The normalized spacial score (nSPS) is 15.3. The average Bonchev–Trinajstić information content (AvgIpc) is 3.24. The Bertz CT molecular complexity index is 675. The van der Waals surface area contributed by atoms with Gasteiger partial charge < -0.3 is 5.32 Å². The first-order valence-corrected chi connectivity index (χ1v) is 10.1. The van der Waals surface area contributed by atoms with Crippen LogP contribution in [0, 0.1) is 0 Å². The fourth-order valence-corrected chi connectivity index (χ4v) is 4.40. The Morgan fingerprint density at radius 1 is 1.42 bits per heavy atom. The molecule has 1 aliphatic rings. The minimum Gasteiger partial charge on any atom is -0.353 e. The fourth-order valence-electron chi connectivity index (χ4n) is 2.92. The van der Waals surface area contributed by atoms with Gasteiger partial charge >= 0.3 is 0 Å². The van der Waals surface area contributed by atoms with Crippen molar-refractivity contribution in [3.05, 3.63) is 30.2 Å². The number of aromatic nitrogens is 3. The first kappa shape index (κ1) is 17.2. The standard InChI is InChI=1S/C17H22N4OS2/c1-2-10-21-16(14-9-6-11-23-14)19-20-17(21)24-12-15(22)18-13-7-4-3-5-8-13/h2,6,9,11,13H,1,3-5,7-8,10,12H2,(H,18,22). The summed E-state index contributed by atoms with van der Waals surface area (Å²) in [6, 6.07) is 4.37. The third-order valence-electron chi connectivity index (χ3n) is 4.07. The van der Waals surface area contributed by atoms with Gasteiger partial charge in [0, 0.05) is 12.6 Å². The van der Waals surface area contributed by atoms with Gasteiger partial charge in [-0.15, -0.1) is 28.1 Å². The Morgan fingerprint density at radius 3 is 2.96 bits per heavy atom. The van der Waals surface area contributed by atoms with Gasteiger partial charge in [0.2, 0.25) is 5.91 Å². The van der Waals surface area contributed by atoms with Gasteiger partial charge in [0.05, 0.1) is 10.6 Å². The van der Waals surface area contributed by atoms with Crippen molar-refractivity contribution >= 4 is 29.0 Å². The van der Waals surface area contributed by atoms with Crippen molar-refractivity contribution in [1.29, 1.82) is 0 Å². The molecule has 0 radical (unpaired) electrons. The molecule has 1 amide bonds. The molecule has 5 nitrogen and oxygen atoms in total. The highest BCUT2D eigenvalue weighted by Gasteiger charge is 2.18. The Hall–Kier alpha value is -1.60. The first-order valence-electron chi connectivity index (χ1n) is 8.28. The second kappa shape index (κ2) is 8.48. The fraction of sp³-hybridized carbons (Fsp3) is 0.471. The summed E-state index contributed by atoms with van der Waals surface area (Å²) in [6.07, 6.45) is 7.76. The zero-order chi connectivity index (χ0) is 16.8. The molecule has 1 saturated carbocycles. The quantitative estimate of drug-likeness (QED) is 0.602. The summed E-state index contributed by atoms with van der Waals surface area (Å²) >= 11 is 3.07. The number of thioether (sulfide) groups is 1. The van der Waals surface area contributed by atoms with Crippen LogP contribution < -0.4 is 5.32 Å². The van der Waals surface area contributed by atoms with E-state index in [9.17, 15) is 4.79 Å². The van der Waals surface area contributed by atoms with E-state index in [-0.39, 0.29) is 5.91 Å². The number of thiophene rings is 1. The molecule has 1 aliphatic carbocycles. The number of hydrogen-bond donors (Lipinski definition) is 1. The molecule has 24 heavy (non-hydrogen) atoms. The van der Waals surface area contributed by atoms with Crippen LogP contribution in [-0.2, 0) is 11.3 Å². The molecule has 0 aliphatic heterocycles. The Labute approximate surface area is 150 Å². The summed E-state index contributed by atoms with van der Waals surface area (Å²) in [5, 5.41) is 14.5. The maximum Gasteiger partial charge on any atom is 0.230 e. The molecule has 0 spiro atoms. The smallest absolute Gasteiger partial charge is 0.230 e. The third kappa shape index (κ3) is 4.27. The molecule has 3 rings (SSSR count). The lowest BCUT2D eigenvalue weighted by Crippen LogP contribution is -2.37. The number of carbonyl (C=O) groups excluding carboxylic acids is 1. The van der Waals surface area contributed by atoms with Crippen molar-refractivity contribution in [3.8, 4) is 10.7 Å². The van der Waals surface area contributed by atoms with E-state index in [1.807, 2.05) is 28.2 Å². The molecule has 1 N–H and O–H groups in total. The van der Waals surface area contributed by atoms with E-state index >= 15 is 0 Å². The van der Waals surface area contributed by atoms with Crippen LogP contribution in [0.4, 0.5) is 0 Å². The highest BCUT2D eigenvalue weighted by atomic mass is 32.2. The molecule has 2 heterocycles. The van der Waals surface area contributed by atoms with E-state index in [0.29, 0.717) is 18.3 Å². The van der Waals surface area contributed by atoms with Gasteiger partial charge in [-0.05, 0) is 24.3 Å². The van der Waals surface area contributed by atoms with Crippen molar-refractivity contribution in [3.63, 3.8) is 0 Å². The number of nitrogens with zero attached hydrogens (tertiary/aromatic N) is 3. The molecule has 128 valence electrons. The van der Waals surface area contributed by atoms with E-state index in [0.717, 1.165) is 28.7 Å². The van der Waals surface area contributed by atoms with Gasteiger partial charge in [-0.2, -0.15) is 0 Å². The Kier molecular flexibility index (Phi) is 6.09. The molecule has 2 aromatic rings. The predicted molar refractivity (Wildman–Crippen MR) is 99.3 cm³/mol. The van der Waals surface area contributed by atoms with Gasteiger partial charge in [-0.1, -0.05) is 43.2 Å². The van der Waals surface area contributed by atoms with Crippen molar-refractivity contribution in [2.75, 3.05) is 5.75 Å². The number of hydrogen-bond acceptors (Lipinski definition) is 5. The lowest BCUT2D eigenvalue weighted by molar-refractivity contribution is -0.119. The number of carbonyl (C=O) groups is 1. The van der Waals surface area contributed by atoms with Crippen LogP contribution in [0.3, 0.4) is 0 Å². The summed E-state index contributed by atoms with van der Waals surface area (Å²) in [5.74, 6) is 1.29. The summed E-state index contributed by atoms with van der Waals surface area (Å²) in [7, 11) is 0. The molecular weight excluding hydrogens is 340 g/mol. The van der Waals surface area contributed by atoms with Crippen LogP contribution in [0.25, 0.3) is 10.7 Å². The second-order valence-corrected chi connectivity index (χ2v) is 7.76. The molecule has 0 aromatic carbocycles. The van der Waals surface area contributed by atoms with Crippen molar-refractivity contribution < 1.29 is 4.79 Å². The van der Waals surface area contributed by atoms with E-state index < -0.39 is 0 Å². The molecule has 0 bridgehead atoms. The first-order chi connectivity index (χ1) is 11.8. The van der Waals surface area contributed by atoms with E-state index in [2.05, 4.69) is 22.1 Å². The van der Waals surface area contributed by atoms with Gasteiger partial charge in [0.1, 0.15) is 0 Å². The topological polar surface area (TPSA) is 59.8 Å². The summed E-state index contributed by atoms with van der Waals surface area (Å²) < 4.78 is 2.01. The zero-order valence-electron chi connectivity index (χ0n) is 13.6. The average molecular weight is 363 g/mol. The molecular formula is C17H22N4OS2. The molecule has 2 aromatic heterocycles. The summed E-state index contributed by atoms with van der Waals surface area (Å²) in [6.45, 7) is 4.44. The number of amides is 1. The molecule has 0 saturated heterocycles. The Balaban J connectivity index is 1.62. The zero-order valence-corrected chi connectivity index (χ0v) is 15.2. The third-order valence-corrected chi connectivity index (χ3v) is 5.91. The monoisotopic (exact) mass is 362 g/mol. The maximum absolute atomic E-state index is 12.2. The minimum atomic E-state index is 0.0812. The lowest BCUT2D eigenvalue weighted by atomic mass is 9.95. The van der Waals surface area contributed by atoms with Crippen molar-refractivity contribution in [2.45, 2.75) is 49.8 Å². The summed E-state index contributed by atoms with van der Waals surface area (Å²) in [4.78, 5) is 13.3. The minimum absolute atomic E-state index is 0.0812. The second-order valence-electron chi connectivity index (χ2n) is 5.87. The molecule has 1 fully saturated rings. The van der Waals surface area contributed by atoms with E-state index in [1.165, 1.54) is 31.0 Å². The highest BCUT2D eigenvalue weighted by Crippen LogP contribution is 2.27. The van der Waals surface area contributed by atoms with E-state index in [4.69, 9.17) is 0 Å². The van der Waals surface area contributed by atoms with Crippen LogP contribution in [0.5, 0.6) is 0 Å². The number of rotatable bonds is 7. The maximum atomic E-state index is 12.2. The summed E-state index contributed by atoms with van der Waals surface area (Å²) in [5.41, 5.74) is 0. The van der Waals surface area contributed by atoms with Gasteiger partial charge in [0.15, 0.2) is 11.0 Å². The van der Waals surface area contributed by atoms with Gasteiger partial charge in [-0.3, -0.25) is 9.36 Å². The van der Waals surface area contributed by atoms with Crippen LogP contribution in [0.15, 0.2) is 35.3 Å². The largest absolute Gasteiger partial charge is 0.353 e. The van der Waals surface area contributed by atoms with Crippen molar-refractivity contribution in [2.24, 2.45) is 0 Å². The molecule has 0 unspecified atom stereocenters. The SMILES string of the molecule is C=CCn1c(SCC(=O)NC2CCCCC2)nnc1-c1cccs1. The van der Waals surface area contributed by atoms with Gasteiger partial charge in [-0.25, -0.2) is 0 Å². The molecule has 0 atom stereocenters. The van der Waals surface area contributed by atoms with Crippen LogP contribution >= 0.6 is 23.1 Å².